The molecule has 0 aromatic heterocycles. The summed E-state index contributed by atoms with van der Waals surface area (Å²) in [5, 5.41) is 66.4. The van der Waals surface area contributed by atoms with Crippen LogP contribution in [0.5, 0.6) is 0 Å². The largest absolute Gasteiger partial charge is 0.478 e. The van der Waals surface area contributed by atoms with Gasteiger partial charge in [0.25, 0.3) is 0 Å². The maximum Gasteiger partial charge on any atom is 0.327 e. The van der Waals surface area contributed by atoms with Crippen LogP contribution in [-0.4, -0.2) is 59.1 Å². The molecule has 8 heteroatoms. The summed E-state index contributed by atoms with van der Waals surface area (Å²) < 4.78 is 0. The first kappa shape index (κ1) is 38.0. The van der Waals surface area contributed by atoms with E-state index in [0.717, 1.165) is 89.5 Å². The molecule has 0 aromatic rings. The molecular weight excluding hydrogens is 524 g/mol. The Morgan fingerprint density at radius 2 is 0.756 bits per heavy atom. The number of carboxylic acid groups (broad SMARTS) is 1. The van der Waals surface area contributed by atoms with Gasteiger partial charge in [0, 0.05) is 44.1 Å². The average molecular weight is 587 g/mol. The molecule has 1 unspecified atom stereocenters. The fraction of sp³-hybridized carbons (Fsp3) is 0.909. The number of rotatable bonds is 2. The van der Waals surface area contributed by atoms with E-state index in [9.17, 15) is 35.4 Å². The second-order valence-corrected chi connectivity index (χ2v) is 12.8. The lowest BCUT2D eigenvalue weighted by molar-refractivity contribution is -0.196. The highest BCUT2D eigenvalue weighted by Gasteiger charge is 2.32. The highest BCUT2D eigenvalue weighted by molar-refractivity contribution is 5.79. The van der Waals surface area contributed by atoms with Crippen molar-refractivity contribution < 1.29 is 40.5 Å². The molecule has 0 spiro atoms. The monoisotopic (exact) mass is 586 g/mol. The summed E-state index contributed by atoms with van der Waals surface area (Å²) in [6, 6.07) is 0. The molecule has 3 rings (SSSR count). The maximum atomic E-state index is 10.5. The Morgan fingerprint density at radius 1 is 0.463 bits per heavy atom. The third kappa shape index (κ3) is 21.3. The predicted octanol–water partition coefficient (Wildman–Crippen LogP) is 6.44. The third-order valence-electron chi connectivity index (χ3n) is 8.68. The Morgan fingerprint density at radius 3 is 1.10 bits per heavy atom. The number of hydrogen-bond donors (Lipinski definition) is 7. The predicted molar refractivity (Wildman–Crippen MR) is 162 cm³/mol. The van der Waals surface area contributed by atoms with Gasteiger partial charge in [-0.15, -0.1) is 0 Å². The van der Waals surface area contributed by atoms with Gasteiger partial charge in [-0.1, -0.05) is 102 Å². The minimum Gasteiger partial charge on any atom is -0.478 e. The fourth-order valence-electron chi connectivity index (χ4n) is 5.97. The standard InChI is InChI=1S/C13H22O4.2C10H20O2/c14-12(15)9-8-11-7-5-3-1-2-4-6-10-13(11,16)17;2*11-10(12)8-6-4-2-1-3-5-7-9-10/h8-9,11,16-17H,1-7,10H2,(H,14,15);2*11-12H,1-9H2. The van der Waals surface area contributed by atoms with E-state index >= 15 is 0 Å². The summed E-state index contributed by atoms with van der Waals surface area (Å²) in [6.45, 7) is 0. The van der Waals surface area contributed by atoms with Gasteiger partial charge in [0.15, 0.2) is 17.4 Å². The number of aliphatic hydroxyl groups is 6. The van der Waals surface area contributed by atoms with Gasteiger partial charge < -0.3 is 35.7 Å². The molecule has 7 N–H and O–H groups in total. The molecule has 242 valence electrons. The van der Waals surface area contributed by atoms with Crippen LogP contribution in [0, 0.1) is 5.92 Å². The lowest BCUT2D eigenvalue weighted by Gasteiger charge is -2.30. The maximum absolute atomic E-state index is 10.5. The molecule has 0 bridgehead atoms. The van der Waals surface area contributed by atoms with Gasteiger partial charge in [0.1, 0.15) is 0 Å². The van der Waals surface area contributed by atoms with Crippen LogP contribution in [0.1, 0.15) is 167 Å². The van der Waals surface area contributed by atoms with Gasteiger partial charge >= 0.3 is 5.97 Å². The number of aliphatic carboxylic acids is 1. The molecule has 3 fully saturated rings. The fourth-order valence-corrected chi connectivity index (χ4v) is 5.97. The highest BCUT2D eigenvalue weighted by atomic mass is 16.5. The Hall–Kier alpha value is -1.03. The average Bonchev–Trinajstić information content (AvgIpc) is 2.90. The molecule has 1 atom stereocenters. The van der Waals surface area contributed by atoms with E-state index in [1.165, 1.54) is 51.0 Å². The molecule has 8 nitrogen and oxygen atoms in total. The van der Waals surface area contributed by atoms with Crippen molar-refractivity contribution >= 4 is 5.97 Å². The van der Waals surface area contributed by atoms with Gasteiger partial charge in [-0.3, -0.25) is 0 Å². The van der Waals surface area contributed by atoms with Crippen LogP contribution in [-0.2, 0) is 4.79 Å². The van der Waals surface area contributed by atoms with Crippen molar-refractivity contribution in [3.8, 4) is 0 Å². The Bertz CT molecular complexity index is 635. The number of carboxylic acids is 1. The molecule has 0 heterocycles. The van der Waals surface area contributed by atoms with Gasteiger partial charge in [0.2, 0.25) is 0 Å². The van der Waals surface area contributed by atoms with Crippen LogP contribution in [0.25, 0.3) is 0 Å². The molecular formula is C33H62O8. The molecule has 0 aliphatic heterocycles. The van der Waals surface area contributed by atoms with Crippen molar-refractivity contribution in [3.05, 3.63) is 12.2 Å². The minimum absolute atomic E-state index is 0.321. The Balaban J connectivity index is 0.000000315. The topological polar surface area (TPSA) is 159 Å². The van der Waals surface area contributed by atoms with E-state index in [1.54, 1.807) is 0 Å². The summed E-state index contributed by atoms with van der Waals surface area (Å²) in [5.74, 6) is -6.01. The molecule has 41 heavy (non-hydrogen) atoms. The van der Waals surface area contributed by atoms with E-state index in [0.29, 0.717) is 38.5 Å². The summed E-state index contributed by atoms with van der Waals surface area (Å²) in [6.07, 6.45) is 27.9. The molecule has 0 saturated heterocycles. The van der Waals surface area contributed by atoms with E-state index in [1.807, 2.05) is 0 Å². The van der Waals surface area contributed by atoms with E-state index in [4.69, 9.17) is 5.11 Å². The van der Waals surface area contributed by atoms with Gasteiger partial charge in [0.05, 0.1) is 0 Å². The first-order valence-corrected chi connectivity index (χ1v) is 16.7. The zero-order valence-corrected chi connectivity index (χ0v) is 25.7. The van der Waals surface area contributed by atoms with Gasteiger partial charge in [-0.05, 0) is 38.5 Å². The van der Waals surface area contributed by atoms with E-state index < -0.39 is 29.2 Å². The molecule has 0 radical (unpaired) electrons. The van der Waals surface area contributed by atoms with E-state index in [2.05, 4.69) is 0 Å². The molecule has 0 aromatic carbocycles. The van der Waals surface area contributed by atoms with Gasteiger partial charge in [-0.25, -0.2) is 4.79 Å². The van der Waals surface area contributed by atoms with Crippen molar-refractivity contribution in [1.29, 1.82) is 0 Å². The number of hydrogen-bond acceptors (Lipinski definition) is 7. The van der Waals surface area contributed by atoms with Crippen LogP contribution in [0.4, 0.5) is 0 Å². The van der Waals surface area contributed by atoms with E-state index in [-0.39, 0.29) is 0 Å². The van der Waals surface area contributed by atoms with Crippen LogP contribution >= 0.6 is 0 Å². The zero-order chi connectivity index (χ0) is 30.5. The van der Waals surface area contributed by atoms with Crippen molar-refractivity contribution in [2.24, 2.45) is 5.92 Å². The smallest absolute Gasteiger partial charge is 0.327 e. The molecule has 0 amide bonds. The Kier molecular flexibility index (Phi) is 20.0. The zero-order valence-electron chi connectivity index (χ0n) is 25.7. The van der Waals surface area contributed by atoms with Crippen LogP contribution in [0.2, 0.25) is 0 Å². The Labute approximate surface area is 248 Å². The first-order chi connectivity index (χ1) is 19.4. The van der Waals surface area contributed by atoms with Gasteiger partial charge in [-0.2, -0.15) is 0 Å². The lowest BCUT2D eigenvalue weighted by Crippen LogP contribution is -2.37. The molecule has 3 saturated carbocycles. The second kappa shape index (κ2) is 21.6. The lowest BCUT2D eigenvalue weighted by atomic mass is 9.86. The minimum atomic E-state index is -1.76. The SMILES string of the molecule is O=C(O)C=CC1CCCCCCCCC1(O)O.OC1(O)CCCCCCCCC1.OC1(O)CCCCCCCCC1. The summed E-state index contributed by atoms with van der Waals surface area (Å²) in [4.78, 5) is 10.5. The quantitative estimate of drug-likeness (QED) is 0.144. The van der Waals surface area contributed by atoms with Crippen LogP contribution < -0.4 is 0 Å². The van der Waals surface area contributed by atoms with Crippen molar-refractivity contribution in [2.45, 2.75) is 184 Å². The third-order valence-corrected chi connectivity index (χ3v) is 8.68. The molecule has 3 aliphatic rings. The molecule has 3 aliphatic carbocycles. The summed E-state index contributed by atoms with van der Waals surface area (Å²) in [7, 11) is 0. The van der Waals surface area contributed by atoms with Crippen LogP contribution in [0.15, 0.2) is 12.2 Å². The summed E-state index contributed by atoms with van der Waals surface area (Å²) in [5.41, 5.74) is 0. The number of carbonyl (C=O) groups is 1. The van der Waals surface area contributed by atoms with Crippen molar-refractivity contribution in [3.63, 3.8) is 0 Å². The summed E-state index contributed by atoms with van der Waals surface area (Å²) >= 11 is 0. The highest BCUT2D eigenvalue weighted by Crippen LogP contribution is 2.29. The second-order valence-electron chi connectivity index (χ2n) is 12.8. The van der Waals surface area contributed by atoms with Crippen LogP contribution in [0.3, 0.4) is 0 Å². The normalized spacial score (nSPS) is 26.6. The van der Waals surface area contributed by atoms with Crippen molar-refractivity contribution in [2.75, 3.05) is 0 Å². The first-order valence-electron chi connectivity index (χ1n) is 16.7. The van der Waals surface area contributed by atoms with Crippen molar-refractivity contribution in [1.82, 2.24) is 0 Å².